The van der Waals surface area contributed by atoms with Crippen molar-refractivity contribution in [2.24, 2.45) is 0 Å². The number of aromatic amines is 1. The van der Waals surface area contributed by atoms with Crippen molar-refractivity contribution < 1.29 is 9.84 Å². The Morgan fingerprint density at radius 1 is 1.42 bits per heavy atom. The third kappa shape index (κ3) is 2.48. The van der Waals surface area contributed by atoms with Crippen molar-refractivity contribution in [3.05, 3.63) is 34.5 Å². The molecule has 1 aromatic heterocycles. The first-order valence-electron chi connectivity index (χ1n) is 8.77. The average molecular weight is 349 g/mol. The number of nitrogens with zero attached hydrogens (tertiary/aromatic N) is 1. The van der Waals surface area contributed by atoms with Gasteiger partial charge in [-0.15, -0.1) is 0 Å². The lowest BCUT2D eigenvalue weighted by molar-refractivity contribution is -0.0880. The minimum atomic E-state index is -0.211. The number of hydrogen-bond donors (Lipinski definition) is 2. The van der Waals surface area contributed by atoms with E-state index in [1.165, 1.54) is 16.6 Å². The Kier molecular flexibility index (Phi) is 4.12. The quantitative estimate of drug-likeness (QED) is 0.890. The zero-order chi connectivity index (χ0) is 16.9. The molecule has 24 heavy (non-hydrogen) atoms. The van der Waals surface area contributed by atoms with Gasteiger partial charge < -0.3 is 14.8 Å². The van der Waals surface area contributed by atoms with Crippen molar-refractivity contribution in [2.45, 2.75) is 56.9 Å². The lowest BCUT2D eigenvalue weighted by Gasteiger charge is -2.42. The highest BCUT2D eigenvalue weighted by Gasteiger charge is 2.50. The summed E-state index contributed by atoms with van der Waals surface area (Å²) in [6.45, 7) is 4.01. The number of hydrogen-bond acceptors (Lipinski definition) is 3. The van der Waals surface area contributed by atoms with Crippen molar-refractivity contribution in [3.8, 4) is 0 Å². The van der Waals surface area contributed by atoms with Gasteiger partial charge in [0.25, 0.3) is 0 Å². The van der Waals surface area contributed by atoms with Crippen LogP contribution in [0.15, 0.2) is 18.2 Å². The number of methoxy groups -OCH3 is 1. The summed E-state index contributed by atoms with van der Waals surface area (Å²) in [5.41, 5.74) is 3.41. The Hall–Kier alpha value is -1.07. The third-order valence-electron chi connectivity index (χ3n) is 6.18. The van der Waals surface area contributed by atoms with Crippen molar-refractivity contribution in [3.63, 3.8) is 0 Å². The fourth-order valence-corrected chi connectivity index (χ4v) is 4.91. The molecule has 1 saturated carbocycles. The maximum atomic E-state index is 10.1. The molecule has 1 aliphatic carbocycles. The number of benzene rings is 1. The van der Waals surface area contributed by atoms with Gasteiger partial charge in [-0.25, -0.2) is 0 Å². The van der Waals surface area contributed by atoms with Crippen molar-refractivity contribution in [1.29, 1.82) is 0 Å². The summed E-state index contributed by atoms with van der Waals surface area (Å²) in [5.74, 6) is 0. The number of halogens is 1. The van der Waals surface area contributed by atoms with E-state index in [2.05, 4.69) is 22.9 Å². The van der Waals surface area contributed by atoms with Gasteiger partial charge >= 0.3 is 0 Å². The van der Waals surface area contributed by atoms with E-state index in [0.29, 0.717) is 0 Å². The zero-order valence-electron chi connectivity index (χ0n) is 14.3. The van der Waals surface area contributed by atoms with Crippen LogP contribution in [0, 0.1) is 6.92 Å². The molecule has 0 radical (unpaired) electrons. The number of ether oxygens (including phenoxy) is 1. The van der Waals surface area contributed by atoms with Gasteiger partial charge in [-0.05, 0) is 44.2 Å². The first-order chi connectivity index (χ1) is 11.5. The van der Waals surface area contributed by atoms with Gasteiger partial charge in [0.15, 0.2) is 0 Å². The number of aliphatic hydroxyl groups is 1. The van der Waals surface area contributed by atoms with Gasteiger partial charge in [0.2, 0.25) is 0 Å². The molecule has 2 aliphatic rings. The molecular weight excluding hydrogens is 324 g/mol. The normalized spacial score (nSPS) is 30.8. The molecule has 1 aromatic carbocycles. The average Bonchev–Trinajstić information content (AvgIpc) is 3.09. The molecule has 2 heterocycles. The standard InChI is InChI=1S/C19H25ClN2O2/c1-12-14-4-3-5-15(20)18(14)21-16(12)11-22-9-8-19(24-2)7-6-13(23)10-17(19)22/h3-5,13,17,21,23H,6-11H2,1-2H3/t13-,17+,19-/m1/s1. The molecule has 2 fully saturated rings. The van der Waals surface area contributed by atoms with E-state index in [9.17, 15) is 5.11 Å². The molecule has 130 valence electrons. The second-order valence-electron chi connectivity index (χ2n) is 7.32. The Labute approximate surface area is 147 Å². The summed E-state index contributed by atoms with van der Waals surface area (Å²) in [6.07, 6.45) is 3.43. The highest BCUT2D eigenvalue weighted by molar-refractivity contribution is 6.35. The number of aromatic nitrogens is 1. The fraction of sp³-hybridized carbons (Fsp3) is 0.579. The Morgan fingerprint density at radius 2 is 2.25 bits per heavy atom. The summed E-state index contributed by atoms with van der Waals surface area (Å²) in [6, 6.07) is 6.32. The first-order valence-corrected chi connectivity index (χ1v) is 9.15. The number of para-hydroxylation sites is 1. The zero-order valence-corrected chi connectivity index (χ0v) is 15.1. The van der Waals surface area contributed by atoms with Crippen LogP contribution in [0.2, 0.25) is 5.02 Å². The minimum absolute atomic E-state index is 0.0865. The third-order valence-corrected chi connectivity index (χ3v) is 6.50. The van der Waals surface area contributed by atoms with Crippen LogP contribution in [0.1, 0.15) is 36.9 Å². The number of aliphatic hydroxyl groups excluding tert-OH is 1. The van der Waals surface area contributed by atoms with Gasteiger partial charge in [0.05, 0.1) is 22.2 Å². The molecule has 2 N–H and O–H groups in total. The summed E-state index contributed by atoms with van der Waals surface area (Å²) in [4.78, 5) is 5.99. The number of H-pyrrole nitrogens is 1. The van der Waals surface area contributed by atoms with E-state index < -0.39 is 0 Å². The monoisotopic (exact) mass is 348 g/mol. The van der Waals surface area contributed by atoms with Crippen LogP contribution in [0.5, 0.6) is 0 Å². The Morgan fingerprint density at radius 3 is 3.00 bits per heavy atom. The highest BCUT2D eigenvalue weighted by atomic mass is 35.5. The largest absolute Gasteiger partial charge is 0.393 e. The maximum absolute atomic E-state index is 10.1. The molecular formula is C19H25ClN2O2. The lowest BCUT2D eigenvalue weighted by atomic mass is 9.79. The summed E-state index contributed by atoms with van der Waals surface area (Å²) < 4.78 is 5.94. The molecule has 0 spiro atoms. The first kappa shape index (κ1) is 16.4. The minimum Gasteiger partial charge on any atom is -0.393 e. The second-order valence-corrected chi connectivity index (χ2v) is 7.73. The van der Waals surface area contributed by atoms with Crippen LogP contribution in [-0.4, -0.2) is 46.4 Å². The van der Waals surface area contributed by atoms with Crippen LogP contribution in [0.3, 0.4) is 0 Å². The number of aryl methyl sites for hydroxylation is 1. The topological polar surface area (TPSA) is 48.5 Å². The molecule has 3 atom stereocenters. The SMILES string of the molecule is CO[C@@]12CC[C@@H](O)C[C@@H]1N(Cc1[nH]c3c(Cl)cccc3c1C)CC2. The molecule has 0 amide bonds. The van der Waals surface area contributed by atoms with E-state index in [0.717, 1.165) is 49.3 Å². The van der Waals surface area contributed by atoms with E-state index in [1.54, 1.807) is 0 Å². The highest BCUT2D eigenvalue weighted by Crippen LogP contribution is 2.43. The number of likely N-dealkylation sites (tertiary alicyclic amines) is 1. The lowest BCUT2D eigenvalue weighted by Crippen LogP contribution is -2.51. The van der Waals surface area contributed by atoms with E-state index in [4.69, 9.17) is 16.3 Å². The Balaban J connectivity index is 1.64. The predicted molar refractivity (Wildman–Crippen MR) is 96.5 cm³/mol. The summed E-state index contributed by atoms with van der Waals surface area (Å²) in [7, 11) is 1.82. The van der Waals surface area contributed by atoms with Crippen LogP contribution < -0.4 is 0 Å². The van der Waals surface area contributed by atoms with Crippen LogP contribution in [0.4, 0.5) is 0 Å². The molecule has 1 aliphatic heterocycles. The van der Waals surface area contributed by atoms with E-state index >= 15 is 0 Å². The molecule has 0 unspecified atom stereocenters. The predicted octanol–water partition coefficient (Wildman–Crippen LogP) is 3.63. The van der Waals surface area contributed by atoms with Gasteiger partial charge in [0.1, 0.15) is 0 Å². The molecule has 4 nitrogen and oxygen atoms in total. The van der Waals surface area contributed by atoms with Crippen LogP contribution >= 0.6 is 11.6 Å². The van der Waals surface area contributed by atoms with Gasteiger partial charge in [-0.2, -0.15) is 0 Å². The van der Waals surface area contributed by atoms with Gasteiger partial charge in [-0.1, -0.05) is 23.7 Å². The van der Waals surface area contributed by atoms with Crippen molar-refractivity contribution in [1.82, 2.24) is 9.88 Å². The van der Waals surface area contributed by atoms with E-state index in [1.807, 2.05) is 19.2 Å². The van der Waals surface area contributed by atoms with Crippen molar-refractivity contribution >= 4 is 22.5 Å². The van der Waals surface area contributed by atoms with Gasteiger partial charge in [0, 0.05) is 37.3 Å². The molecule has 0 bridgehead atoms. The maximum Gasteiger partial charge on any atom is 0.0847 e. The van der Waals surface area contributed by atoms with Crippen LogP contribution in [-0.2, 0) is 11.3 Å². The fourth-order valence-electron chi connectivity index (χ4n) is 4.69. The van der Waals surface area contributed by atoms with E-state index in [-0.39, 0.29) is 17.7 Å². The summed E-state index contributed by atoms with van der Waals surface area (Å²) in [5, 5.41) is 12.1. The number of rotatable bonds is 3. The molecule has 2 aromatic rings. The van der Waals surface area contributed by atoms with Gasteiger partial charge in [-0.3, -0.25) is 4.90 Å². The molecule has 5 heteroatoms. The Bertz CT molecular complexity index is 759. The number of nitrogens with one attached hydrogen (secondary N) is 1. The number of fused-ring (bicyclic) bond motifs is 2. The van der Waals surface area contributed by atoms with Crippen molar-refractivity contribution in [2.75, 3.05) is 13.7 Å². The molecule has 1 saturated heterocycles. The second kappa shape index (κ2) is 6.03. The molecule has 4 rings (SSSR count). The summed E-state index contributed by atoms with van der Waals surface area (Å²) >= 11 is 6.34. The van der Waals surface area contributed by atoms with Crippen LogP contribution in [0.25, 0.3) is 10.9 Å². The smallest absolute Gasteiger partial charge is 0.0847 e.